The highest BCUT2D eigenvalue weighted by Gasteiger charge is 2.34. The van der Waals surface area contributed by atoms with Gasteiger partial charge in [0, 0.05) is 19.0 Å². The molecular weight excluding hydrogens is 294 g/mol. The maximum Gasteiger partial charge on any atom is 0.243 e. The van der Waals surface area contributed by atoms with Crippen molar-refractivity contribution in [1.29, 1.82) is 0 Å². The maximum absolute atomic E-state index is 12.6. The molecule has 0 saturated carbocycles. The van der Waals surface area contributed by atoms with Gasteiger partial charge in [0.2, 0.25) is 16.4 Å². The molecule has 0 N–H and O–H groups in total. The van der Waals surface area contributed by atoms with Crippen molar-refractivity contribution in [2.45, 2.75) is 17.2 Å². The van der Waals surface area contributed by atoms with Crippen molar-refractivity contribution in [2.75, 3.05) is 20.2 Å². The van der Waals surface area contributed by atoms with E-state index in [2.05, 4.69) is 10.1 Å². The van der Waals surface area contributed by atoms with Crippen molar-refractivity contribution in [3.8, 4) is 5.75 Å². The molecule has 2 heterocycles. The second-order valence-electron chi connectivity index (χ2n) is 4.81. The molecule has 1 saturated heterocycles. The quantitative estimate of drug-likeness (QED) is 0.845. The zero-order valence-electron chi connectivity index (χ0n) is 11.5. The molecule has 2 aromatic rings. The van der Waals surface area contributed by atoms with Gasteiger partial charge in [0.15, 0.2) is 5.82 Å². The lowest BCUT2D eigenvalue weighted by Gasteiger charge is -2.16. The Morgan fingerprint density at radius 3 is 2.71 bits per heavy atom. The highest BCUT2D eigenvalue weighted by Crippen LogP contribution is 2.29. The third kappa shape index (κ3) is 2.64. The van der Waals surface area contributed by atoms with Gasteiger partial charge in [-0.05, 0) is 30.7 Å². The van der Waals surface area contributed by atoms with Crippen molar-refractivity contribution >= 4 is 10.0 Å². The van der Waals surface area contributed by atoms with Gasteiger partial charge in [-0.1, -0.05) is 5.16 Å². The molecule has 0 radical (unpaired) electrons. The van der Waals surface area contributed by atoms with E-state index in [0.717, 1.165) is 0 Å². The molecule has 0 bridgehead atoms. The average molecular weight is 309 g/mol. The van der Waals surface area contributed by atoms with Crippen LogP contribution in [-0.4, -0.2) is 43.1 Å². The molecule has 0 amide bonds. The molecule has 0 aliphatic carbocycles. The normalized spacial score (nSPS) is 19.8. The van der Waals surface area contributed by atoms with E-state index in [9.17, 15) is 8.42 Å². The Morgan fingerprint density at radius 2 is 2.10 bits per heavy atom. The van der Waals surface area contributed by atoms with E-state index in [1.54, 1.807) is 31.4 Å². The maximum atomic E-state index is 12.6. The molecule has 1 aromatic carbocycles. The second kappa shape index (κ2) is 5.45. The van der Waals surface area contributed by atoms with Gasteiger partial charge >= 0.3 is 0 Å². The second-order valence-corrected chi connectivity index (χ2v) is 6.75. The number of sulfonamides is 1. The van der Waals surface area contributed by atoms with Crippen molar-refractivity contribution < 1.29 is 17.7 Å². The fourth-order valence-electron chi connectivity index (χ4n) is 2.41. The zero-order chi connectivity index (χ0) is 14.9. The van der Waals surface area contributed by atoms with Gasteiger partial charge in [-0.2, -0.15) is 9.29 Å². The Labute approximate surface area is 122 Å². The third-order valence-corrected chi connectivity index (χ3v) is 5.47. The number of methoxy groups -OCH3 is 1. The first-order chi connectivity index (χ1) is 10.1. The van der Waals surface area contributed by atoms with Gasteiger partial charge in [0.05, 0.1) is 12.0 Å². The van der Waals surface area contributed by atoms with E-state index in [1.807, 2.05) is 0 Å². The van der Waals surface area contributed by atoms with Gasteiger partial charge in [0.25, 0.3) is 0 Å². The highest BCUT2D eigenvalue weighted by atomic mass is 32.2. The van der Waals surface area contributed by atoms with E-state index < -0.39 is 10.0 Å². The Morgan fingerprint density at radius 1 is 1.33 bits per heavy atom. The molecular formula is C13H15N3O4S. The summed E-state index contributed by atoms with van der Waals surface area (Å²) in [5, 5.41) is 3.79. The Kier molecular flexibility index (Phi) is 3.64. The van der Waals surface area contributed by atoms with E-state index >= 15 is 0 Å². The van der Waals surface area contributed by atoms with Gasteiger partial charge in [0.1, 0.15) is 5.75 Å². The first kappa shape index (κ1) is 14.0. The number of hydrogen-bond donors (Lipinski definition) is 0. The summed E-state index contributed by atoms with van der Waals surface area (Å²) in [6.45, 7) is 0.821. The summed E-state index contributed by atoms with van der Waals surface area (Å²) in [5.74, 6) is 1.17. The molecule has 0 spiro atoms. The van der Waals surface area contributed by atoms with Crippen LogP contribution in [0, 0.1) is 0 Å². The summed E-state index contributed by atoms with van der Waals surface area (Å²) >= 11 is 0. The van der Waals surface area contributed by atoms with Crippen molar-refractivity contribution in [3.63, 3.8) is 0 Å². The van der Waals surface area contributed by atoms with Crippen molar-refractivity contribution in [1.82, 2.24) is 14.4 Å². The highest BCUT2D eigenvalue weighted by molar-refractivity contribution is 7.89. The lowest BCUT2D eigenvalue weighted by molar-refractivity contribution is 0.403. The molecule has 1 atom stereocenters. The first-order valence-electron chi connectivity index (χ1n) is 6.52. The minimum atomic E-state index is -3.50. The minimum Gasteiger partial charge on any atom is -0.497 e. The molecule has 7 nitrogen and oxygen atoms in total. The fraction of sp³-hybridized carbons (Fsp3) is 0.385. The van der Waals surface area contributed by atoms with Crippen LogP contribution in [0.5, 0.6) is 5.75 Å². The Hall–Kier alpha value is -1.93. The van der Waals surface area contributed by atoms with E-state index in [1.165, 1.54) is 10.7 Å². The summed E-state index contributed by atoms with van der Waals surface area (Å²) in [4.78, 5) is 4.26. The monoisotopic (exact) mass is 309 g/mol. The number of aromatic nitrogens is 2. The molecule has 1 aromatic heterocycles. The summed E-state index contributed by atoms with van der Waals surface area (Å²) in [6.07, 6.45) is 1.95. The molecule has 3 rings (SSSR count). The lowest BCUT2D eigenvalue weighted by atomic mass is 10.1. The molecule has 1 fully saturated rings. The number of nitrogens with zero attached hydrogens (tertiary/aromatic N) is 3. The Balaban J connectivity index is 1.79. The number of benzene rings is 1. The Bertz CT molecular complexity index is 698. The molecule has 1 aliphatic rings. The van der Waals surface area contributed by atoms with Crippen LogP contribution >= 0.6 is 0 Å². The molecule has 112 valence electrons. The minimum absolute atomic E-state index is 0.0169. The van der Waals surface area contributed by atoms with Gasteiger partial charge in [-0.3, -0.25) is 0 Å². The number of ether oxygens (including phenoxy) is 1. The third-order valence-electron chi connectivity index (χ3n) is 3.59. The standard InChI is InChI=1S/C13H15N3O4S/c1-19-11-2-4-12(5-3-11)21(17,18)16-7-6-10(8-16)13-14-9-20-15-13/h2-5,9-10H,6-8H2,1H3/t10-/m1/s1. The molecule has 1 aliphatic heterocycles. The van der Waals surface area contributed by atoms with Gasteiger partial charge in [-0.15, -0.1) is 0 Å². The predicted octanol–water partition coefficient (Wildman–Crippen LogP) is 1.26. The fourth-order valence-corrected chi connectivity index (χ4v) is 3.91. The summed E-state index contributed by atoms with van der Waals surface area (Å²) in [6, 6.07) is 6.38. The van der Waals surface area contributed by atoms with Crippen LogP contribution in [0.2, 0.25) is 0 Å². The first-order valence-corrected chi connectivity index (χ1v) is 7.96. The van der Waals surface area contributed by atoms with E-state index in [0.29, 0.717) is 31.1 Å². The van der Waals surface area contributed by atoms with E-state index in [-0.39, 0.29) is 10.8 Å². The topological polar surface area (TPSA) is 85.5 Å². The summed E-state index contributed by atoms with van der Waals surface area (Å²) in [5.41, 5.74) is 0. The summed E-state index contributed by atoms with van der Waals surface area (Å²) < 4.78 is 36.3. The van der Waals surface area contributed by atoms with Crippen LogP contribution in [0.15, 0.2) is 40.1 Å². The van der Waals surface area contributed by atoms with Gasteiger partial charge in [-0.25, -0.2) is 8.42 Å². The van der Waals surface area contributed by atoms with Crippen molar-refractivity contribution in [3.05, 3.63) is 36.5 Å². The summed E-state index contributed by atoms with van der Waals surface area (Å²) in [7, 11) is -1.95. The molecule has 0 unspecified atom stereocenters. The van der Waals surface area contributed by atoms with Crippen LogP contribution in [0.3, 0.4) is 0 Å². The van der Waals surface area contributed by atoms with Crippen LogP contribution < -0.4 is 4.74 Å². The van der Waals surface area contributed by atoms with Crippen LogP contribution in [0.1, 0.15) is 18.2 Å². The predicted molar refractivity (Wildman–Crippen MR) is 73.4 cm³/mol. The van der Waals surface area contributed by atoms with Crippen LogP contribution in [0.4, 0.5) is 0 Å². The SMILES string of the molecule is COc1ccc(S(=O)(=O)N2CC[C@@H](c3ncon3)C2)cc1. The molecule has 8 heteroatoms. The van der Waals surface area contributed by atoms with Crippen molar-refractivity contribution in [2.24, 2.45) is 0 Å². The number of hydrogen-bond acceptors (Lipinski definition) is 6. The van der Waals surface area contributed by atoms with Gasteiger partial charge < -0.3 is 9.26 Å². The largest absolute Gasteiger partial charge is 0.497 e. The lowest BCUT2D eigenvalue weighted by Crippen LogP contribution is -2.28. The smallest absolute Gasteiger partial charge is 0.243 e. The zero-order valence-corrected chi connectivity index (χ0v) is 12.3. The molecule has 21 heavy (non-hydrogen) atoms. The van der Waals surface area contributed by atoms with E-state index in [4.69, 9.17) is 9.26 Å². The number of rotatable bonds is 4. The van der Waals surface area contributed by atoms with Crippen LogP contribution in [-0.2, 0) is 10.0 Å². The van der Waals surface area contributed by atoms with Crippen LogP contribution in [0.25, 0.3) is 0 Å². The average Bonchev–Trinajstić information content (AvgIpc) is 3.18.